The van der Waals surface area contributed by atoms with Crippen molar-refractivity contribution in [2.45, 2.75) is 12.8 Å². The quantitative estimate of drug-likeness (QED) is 0.401. The Bertz CT molecular complexity index is 1220. The van der Waals surface area contributed by atoms with Gasteiger partial charge in [0.2, 0.25) is 5.95 Å². The van der Waals surface area contributed by atoms with E-state index in [0.717, 1.165) is 52.4 Å². The molecule has 1 saturated heterocycles. The number of hydrogen-bond donors (Lipinski definition) is 2. The second-order valence-electron chi connectivity index (χ2n) is 8.20. The van der Waals surface area contributed by atoms with Crippen LogP contribution in [0.3, 0.4) is 0 Å². The molecule has 0 radical (unpaired) electrons. The Morgan fingerprint density at radius 3 is 2.67 bits per heavy atom. The Hall–Kier alpha value is -3.71. The molecule has 0 saturated carbocycles. The number of hydrogen-bond acceptors (Lipinski definition) is 7. The average molecular weight is 441 g/mol. The molecule has 0 bridgehead atoms. The second kappa shape index (κ2) is 9.83. The summed E-state index contributed by atoms with van der Waals surface area (Å²) < 4.78 is 5.30. The molecule has 5 rings (SSSR count). The van der Waals surface area contributed by atoms with E-state index in [1.54, 1.807) is 7.11 Å². The van der Waals surface area contributed by atoms with Crippen LogP contribution in [0, 0.1) is 0 Å². The molecule has 2 aromatic heterocycles. The van der Waals surface area contributed by atoms with E-state index in [0.29, 0.717) is 5.95 Å². The van der Waals surface area contributed by atoms with Crippen molar-refractivity contribution in [3.05, 3.63) is 67.0 Å². The third-order valence-corrected chi connectivity index (χ3v) is 5.94. The highest BCUT2D eigenvalue weighted by Crippen LogP contribution is 2.28. The topological polar surface area (TPSA) is 75.2 Å². The zero-order chi connectivity index (χ0) is 22.5. The first-order chi connectivity index (χ1) is 16.3. The molecule has 0 aliphatic carbocycles. The zero-order valence-electron chi connectivity index (χ0n) is 18.8. The summed E-state index contributed by atoms with van der Waals surface area (Å²) >= 11 is 0. The summed E-state index contributed by atoms with van der Waals surface area (Å²) in [5, 5.41) is 7.69. The molecule has 168 valence electrons. The van der Waals surface area contributed by atoms with Crippen LogP contribution in [-0.4, -0.2) is 53.1 Å². The predicted molar refractivity (Wildman–Crippen MR) is 133 cm³/mol. The molecule has 0 amide bonds. The molecule has 7 heteroatoms. The van der Waals surface area contributed by atoms with Gasteiger partial charge in [-0.1, -0.05) is 24.3 Å². The number of benzene rings is 2. The summed E-state index contributed by atoms with van der Waals surface area (Å²) in [5.41, 5.74) is 3.81. The molecule has 2 aromatic carbocycles. The highest BCUT2D eigenvalue weighted by Gasteiger charge is 2.11. The zero-order valence-corrected chi connectivity index (χ0v) is 18.8. The summed E-state index contributed by atoms with van der Waals surface area (Å²) in [6, 6.07) is 18.0. The Morgan fingerprint density at radius 2 is 1.85 bits per heavy atom. The number of nitrogens with zero attached hydrogens (tertiary/aromatic N) is 4. The molecule has 3 heterocycles. The lowest BCUT2D eigenvalue weighted by Gasteiger charge is -2.15. The van der Waals surface area contributed by atoms with Gasteiger partial charge >= 0.3 is 0 Å². The Balaban J connectivity index is 1.34. The Morgan fingerprint density at radius 1 is 0.970 bits per heavy atom. The van der Waals surface area contributed by atoms with E-state index in [4.69, 9.17) is 9.72 Å². The highest BCUT2D eigenvalue weighted by molar-refractivity contribution is 5.93. The van der Waals surface area contributed by atoms with Gasteiger partial charge in [-0.2, -0.15) is 0 Å². The van der Waals surface area contributed by atoms with Crippen LogP contribution in [0.25, 0.3) is 22.0 Å². The summed E-state index contributed by atoms with van der Waals surface area (Å²) in [5.74, 6) is 2.21. The minimum Gasteiger partial charge on any atom is -0.497 e. The number of ether oxygens (including phenoxy) is 1. The number of nitrogens with one attached hydrogen (secondary N) is 2. The Kier molecular flexibility index (Phi) is 6.30. The molecule has 0 atom stereocenters. The van der Waals surface area contributed by atoms with Crippen molar-refractivity contribution in [3.8, 4) is 16.9 Å². The van der Waals surface area contributed by atoms with Gasteiger partial charge in [0.15, 0.2) is 0 Å². The summed E-state index contributed by atoms with van der Waals surface area (Å²) in [4.78, 5) is 16.4. The van der Waals surface area contributed by atoms with Crippen molar-refractivity contribution in [1.82, 2.24) is 19.9 Å². The van der Waals surface area contributed by atoms with E-state index in [1.165, 1.54) is 25.9 Å². The first-order valence-electron chi connectivity index (χ1n) is 11.4. The number of likely N-dealkylation sites (tertiary alicyclic amines) is 1. The van der Waals surface area contributed by atoms with Gasteiger partial charge in [-0.3, -0.25) is 0 Å². The van der Waals surface area contributed by atoms with E-state index >= 15 is 0 Å². The van der Waals surface area contributed by atoms with Gasteiger partial charge in [0, 0.05) is 53.8 Å². The first kappa shape index (κ1) is 21.2. The normalized spacial score (nSPS) is 13.8. The molecule has 1 aliphatic rings. The van der Waals surface area contributed by atoms with Crippen molar-refractivity contribution in [1.29, 1.82) is 0 Å². The average Bonchev–Trinajstić information content (AvgIpc) is 3.38. The third kappa shape index (κ3) is 5.04. The molecule has 2 N–H and O–H groups in total. The summed E-state index contributed by atoms with van der Waals surface area (Å²) in [6.07, 6.45) is 6.39. The van der Waals surface area contributed by atoms with Crippen LogP contribution in [0.1, 0.15) is 12.8 Å². The lowest BCUT2D eigenvalue weighted by Crippen LogP contribution is -2.26. The van der Waals surface area contributed by atoms with Gasteiger partial charge in [-0.25, -0.2) is 15.0 Å². The molecule has 1 fully saturated rings. The molecular weight excluding hydrogens is 412 g/mol. The lowest BCUT2D eigenvalue weighted by molar-refractivity contribution is 0.352. The molecule has 7 nitrogen and oxygen atoms in total. The molecule has 33 heavy (non-hydrogen) atoms. The van der Waals surface area contributed by atoms with Crippen LogP contribution in [0.2, 0.25) is 0 Å². The van der Waals surface area contributed by atoms with Crippen molar-refractivity contribution in [3.63, 3.8) is 0 Å². The van der Waals surface area contributed by atoms with Crippen LogP contribution >= 0.6 is 0 Å². The number of aromatic nitrogens is 3. The molecule has 1 aliphatic heterocycles. The van der Waals surface area contributed by atoms with E-state index in [1.807, 2.05) is 54.9 Å². The van der Waals surface area contributed by atoms with Crippen molar-refractivity contribution in [2.75, 3.05) is 43.9 Å². The van der Waals surface area contributed by atoms with E-state index in [2.05, 4.69) is 37.6 Å². The predicted octanol–water partition coefficient (Wildman–Crippen LogP) is 4.95. The number of pyridine rings is 1. The third-order valence-electron chi connectivity index (χ3n) is 5.94. The van der Waals surface area contributed by atoms with Crippen molar-refractivity contribution >= 4 is 28.4 Å². The highest BCUT2D eigenvalue weighted by atomic mass is 16.5. The summed E-state index contributed by atoms with van der Waals surface area (Å²) in [6.45, 7) is 4.40. The van der Waals surface area contributed by atoms with Gasteiger partial charge in [0.05, 0.1) is 12.6 Å². The first-order valence-corrected chi connectivity index (χ1v) is 11.4. The van der Waals surface area contributed by atoms with Crippen LogP contribution in [-0.2, 0) is 0 Å². The van der Waals surface area contributed by atoms with Gasteiger partial charge in [-0.15, -0.1) is 0 Å². The number of anilines is 3. The van der Waals surface area contributed by atoms with Gasteiger partial charge in [0.1, 0.15) is 11.6 Å². The number of rotatable bonds is 8. The SMILES string of the molecule is COc1cccc(Nc2ncc3cccc(-c4ccc(NCCN5CCCC5)nc4)c3n2)c1. The molecular formula is C26H28N6O. The fourth-order valence-corrected chi connectivity index (χ4v) is 4.18. The van der Waals surface area contributed by atoms with Gasteiger partial charge in [0.25, 0.3) is 0 Å². The summed E-state index contributed by atoms with van der Waals surface area (Å²) in [7, 11) is 1.65. The molecule has 0 spiro atoms. The standard InChI is InChI=1S/C26H28N6O/c1-33-22-8-5-7-21(16-22)30-26-29-18-20-6-4-9-23(25(20)31-26)19-10-11-24(28-17-19)27-12-15-32-13-2-3-14-32/h4-11,16-18H,2-3,12-15H2,1H3,(H,27,28)(H,29,30,31). The van der Waals surface area contributed by atoms with Crippen LogP contribution in [0.4, 0.5) is 17.5 Å². The van der Waals surface area contributed by atoms with E-state index in [-0.39, 0.29) is 0 Å². The maximum absolute atomic E-state index is 5.30. The van der Waals surface area contributed by atoms with Crippen LogP contribution < -0.4 is 15.4 Å². The van der Waals surface area contributed by atoms with Crippen LogP contribution in [0.5, 0.6) is 5.75 Å². The van der Waals surface area contributed by atoms with E-state index in [9.17, 15) is 0 Å². The molecule has 4 aromatic rings. The van der Waals surface area contributed by atoms with E-state index < -0.39 is 0 Å². The number of methoxy groups -OCH3 is 1. The van der Waals surface area contributed by atoms with Crippen LogP contribution in [0.15, 0.2) is 67.0 Å². The number of para-hydroxylation sites is 1. The largest absolute Gasteiger partial charge is 0.497 e. The molecule has 0 unspecified atom stereocenters. The smallest absolute Gasteiger partial charge is 0.227 e. The van der Waals surface area contributed by atoms with Crippen molar-refractivity contribution < 1.29 is 4.74 Å². The van der Waals surface area contributed by atoms with Gasteiger partial charge < -0.3 is 20.3 Å². The lowest BCUT2D eigenvalue weighted by atomic mass is 10.0. The van der Waals surface area contributed by atoms with Gasteiger partial charge in [-0.05, 0) is 50.2 Å². The maximum atomic E-state index is 5.30. The van der Waals surface area contributed by atoms with Crippen molar-refractivity contribution in [2.24, 2.45) is 0 Å². The minimum absolute atomic E-state index is 0.538. The number of fused-ring (bicyclic) bond motifs is 1. The fourth-order valence-electron chi connectivity index (χ4n) is 4.18. The monoisotopic (exact) mass is 440 g/mol. The fraction of sp³-hybridized carbons (Fsp3) is 0.269. The Labute approximate surface area is 193 Å². The minimum atomic E-state index is 0.538. The maximum Gasteiger partial charge on any atom is 0.227 e. The second-order valence-corrected chi connectivity index (χ2v) is 8.20.